The largest absolute Gasteiger partial charge is 0.479 e. The number of carboxylic acids is 2. The number of carboxylic acid groups (broad SMARTS) is 2. The molecule has 6 bridgehead atoms. The van der Waals surface area contributed by atoms with Gasteiger partial charge in [0.2, 0.25) is 0 Å². The van der Waals surface area contributed by atoms with E-state index in [-0.39, 0.29) is 39.1 Å². The van der Waals surface area contributed by atoms with Crippen LogP contribution in [0.4, 0.5) is 0 Å². The summed E-state index contributed by atoms with van der Waals surface area (Å²) in [6, 6.07) is 6.51. The Kier molecular flexibility index (Phi) is 10.5. The van der Waals surface area contributed by atoms with Gasteiger partial charge in [0, 0.05) is 31.8 Å². The molecule has 12 aliphatic carbocycles. The molecule has 9 saturated carbocycles. The fourth-order valence-corrected chi connectivity index (χ4v) is 22.0. The molecule has 10 nitrogen and oxygen atoms in total. The summed E-state index contributed by atoms with van der Waals surface area (Å²) >= 11 is 0. The zero-order valence-electron chi connectivity index (χ0n) is 43.8. The third kappa shape index (κ3) is 6.24. The van der Waals surface area contributed by atoms with Crippen molar-refractivity contribution in [3.8, 4) is 0 Å². The summed E-state index contributed by atoms with van der Waals surface area (Å²) in [5.41, 5.74) is 3.07. The molecule has 0 amide bonds. The number of hydrogen-bond acceptors (Lipinski definition) is 8. The van der Waals surface area contributed by atoms with Gasteiger partial charge >= 0.3 is 11.9 Å². The molecule has 0 radical (unpaired) electrons. The van der Waals surface area contributed by atoms with Crippen molar-refractivity contribution in [2.45, 2.75) is 191 Å². The molecule has 15 rings (SSSR count). The first kappa shape index (κ1) is 47.8. The van der Waals surface area contributed by atoms with Crippen molar-refractivity contribution in [2.24, 2.45) is 68.0 Å². The van der Waals surface area contributed by atoms with Crippen LogP contribution in [0.2, 0.25) is 0 Å². The van der Waals surface area contributed by atoms with Crippen molar-refractivity contribution in [1.29, 1.82) is 0 Å². The van der Waals surface area contributed by atoms with Gasteiger partial charge in [-0.3, -0.25) is 0 Å². The van der Waals surface area contributed by atoms with Gasteiger partial charge in [-0.25, -0.2) is 9.59 Å². The number of methoxy groups -OCH3 is 2. The summed E-state index contributed by atoms with van der Waals surface area (Å²) in [5, 5.41) is 30.4. The molecule has 3 heterocycles. The lowest BCUT2D eigenvalue weighted by Gasteiger charge is -2.59. The predicted molar refractivity (Wildman–Crippen MR) is 272 cm³/mol. The number of fused-ring (bicyclic) bond motifs is 15. The lowest BCUT2D eigenvalue weighted by molar-refractivity contribution is -0.167. The Hall–Kier alpha value is -3.86. The summed E-state index contributed by atoms with van der Waals surface area (Å²) in [7, 11) is 3.53. The Morgan fingerprint density at radius 2 is 1.07 bits per heavy atom. The van der Waals surface area contributed by atoms with E-state index < -0.39 is 23.1 Å². The fraction of sp³-hybridized carbons (Fsp3) is 0.710. The van der Waals surface area contributed by atoms with E-state index in [4.69, 9.17) is 22.7 Å². The maximum Gasteiger partial charge on any atom is 0.336 e. The summed E-state index contributed by atoms with van der Waals surface area (Å²) in [6.07, 6.45) is 36.3. The Bertz CT molecular complexity index is 2720. The number of furan rings is 3. The summed E-state index contributed by atoms with van der Waals surface area (Å²) in [4.78, 5) is 23.9. The highest BCUT2D eigenvalue weighted by Gasteiger charge is 2.71. The molecular formula is C62H80O10. The number of aliphatic hydroxyl groups is 1. The average molecular weight is 985 g/mol. The molecular weight excluding hydrogens is 905 g/mol. The number of aryl methyl sites for hydroxylation is 1. The molecule has 3 N–H and O–H groups in total. The van der Waals surface area contributed by atoms with Gasteiger partial charge in [0.05, 0.1) is 24.4 Å². The number of rotatable bonds is 4. The van der Waals surface area contributed by atoms with E-state index in [1.807, 2.05) is 19.6 Å². The van der Waals surface area contributed by atoms with Gasteiger partial charge in [-0.1, -0.05) is 32.9 Å². The highest BCUT2D eigenvalue weighted by atomic mass is 16.5. The average Bonchev–Trinajstić information content (AvgIpc) is 4.23. The maximum absolute atomic E-state index is 12.1. The molecule has 3 aromatic heterocycles. The fourth-order valence-electron chi connectivity index (χ4n) is 22.0. The van der Waals surface area contributed by atoms with Crippen LogP contribution in [0.1, 0.15) is 201 Å². The van der Waals surface area contributed by atoms with E-state index in [0.29, 0.717) is 53.3 Å². The molecule has 18 atom stereocenters. The van der Waals surface area contributed by atoms with E-state index in [2.05, 4.69) is 70.2 Å². The molecule has 388 valence electrons. The highest BCUT2D eigenvalue weighted by Crippen LogP contribution is 2.75. The topological polar surface area (TPSA) is 153 Å². The molecule has 0 unspecified atom stereocenters. The van der Waals surface area contributed by atoms with Crippen LogP contribution in [0.15, 0.2) is 62.4 Å². The Morgan fingerprint density at radius 3 is 1.67 bits per heavy atom. The second-order valence-corrected chi connectivity index (χ2v) is 27.3. The SMILES string of the molecule is CO[C@]1(C(=O)O)C[C@@]23CC[C@@H]4c5ccoc5CC[C@@]4(C)[C@@H]2CC[C@@H]1C3.CO[C@]1(C)C[C@@]23CC[C@@H]4c5ccoc5C=C[C@@]4(C)[C@@H]2CC[C@@H]1C3.C[C@@]12C=Cc3occc3[C@H]1CC[C@@]13C[C@@H](CC[C@H]12)[C@@](O)(C(=O)O)C3. The molecule has 9 fully saturated rings. The van der Waals surface area contributed by atoms with Gasteiger partial charge in [0.15, 0.2) is 11.2 Å². The lowest BCUT2D eigenvalue weighted by atomic mass is 9.45. The van der Waals surface area contributed by atoms with E-state index >= 15 is 0 Å². The van der Waals surface area contributed by atoms with Crippen molar-refractivity contribution in [1.82, 2.24) is 0 Å². The maximum atomic E-state index is 12.1. The van der Waals surface area contributed by atoms with Gasteiger partial charge in [-0.2, -0.15) is 0 Å². The number of allylic oxidation sites excluding steroid dienone is 2. The van der Waals surface area contributed by atoms with Crippen LogP contribution in [-0.2, 0) is 25.5 Å². The van der Waals surface area contributed by atoms with Crippen LogP contribution >= 0.6 is 0 Å². The van der Waals surface area contributed by atoms with Gasteiger partial charge < -0.3 is 38.0 Å². The molecule has 12 aliphatic rings. The van der Waals surface area contributed by atoms with Crippen molar-refractivity contribution in [3.05, 3.63) is 83.1 Å². The monoisotopic (exact) mass is 985 g/mol. The van der Waals surface area contributed by atoms with Crippen LogP contribution < -0.4 is 0 Å². The van der Waals surface area contributed by atoms with Crippen LogP contribution in [0.3, 0.4) is 0 Å². The molecule has 0 aromatic carbocycles. The predicted octanol–water partition coefficient (Wildman–Crippen LogP) is 13.6. The second-order valence-electron chi connectivity index (χ2n) is 27.3. The minimum absolute atomic E-state index is 0.0209. The Labute approximate surface area is 426 Å². The first-order valence-corrected chi connectivity index (χ1v) is 28.2. The van der Waals surface area contributed by atoms with Gasteiger partial charge in [0.25, 0.3) is 0 Å². The van der Waals surface area contributed by atoms with Gasteiger partial charge in [-0.15, -0.1) is 0 Å². The standard InChI is InChI=1S/C21H28O4.C21H28O2.C20H24O4/c1-19-8-6-16-14(7-10-25-16)15(19)5-9-20-11-13(3-4-17(19)20)21(12-20,24-2)18(22)23;1-19-9-7-17-15(8-11-23-17)16(19)6-10-21-12-14(4-5-18(19)21)20(2,13-21)22-3;1-18-7-5-15-13(6-9-24-15)14(18)4-8-19-10-12(2-3-16(18)19)20(23,11-19)17(21)22/h7,10,13,15,17H,3-6,8-9,11-12H2,1-2H3,(H,22,23);7-9,11,14,16,18H,4-6,10,12-13H2,1-3H3;5-7,9,12,14,16,23H,2-4,8,10-11H2,1H3,(H,21,22)/t13-,15-,17+,19-,20+,21-;14-,16-,18+,19-,20-,21+;12-,14-,16+,18-,19+,20-/m111/s1. The van der Waals surface area contributed by atoms with Gasteiger partial charge in [0.1, 0.15) is 17.3 Å². The van der Waals surface area contributed by atoms with Gasteiger partial charge in [-0.05, 0) is 251 Å². The smallest absolute Gasteiger partial charge is 0.336 e. The van der Waals surface area contributed by atoms with Crippen LogP contribution in [0.5, 0.6) is 0 Å². The summed E-state index contributed by atoms with van der Waals surface area (Å²) < 4.78 is 28.8. The van der Waals surface area contributed by atoms with Crippen LogP contribution in [-0.4, -0.2) is 58.3 Å². The normalized spacial score (nSPS) is 48.8. The Balaban J connectivity index is 0.000000105. The minimum atomic E-state index is -1.52. The van der Waals surface area contributed by atoms with E-state index in [0.717, 1.165) is 94.0 Å². The van der Waals surface area contributed by atoms with E-state index in [1.165, 1.54) is 67.4 Å². The first-order chi connectivity index (χ1) is 34.3. The molecule has 72 heavy (non-hydrogen) atoms. The third-order valence-corrected chi connectivity index (χ3v) is 25.1. The van der Waals surface area contributed by atoms with Crippen molar-refractivity contribution in [3.63, 3.8) is 0 Å². The van der Waals surface area contributed by atoms with Crippen LogP contribution in [0, 0.1) is 68.0 Å². The molecule has 0 aliphatic heterocycles. The molecule has 0 saturated heterocycles. The zero-order chi connectivity index (χ0) is 50.1. The third-order valence-electron chi connectivity index (χ3n) is 25.1. The number of hydrogen-bond donors (Lipinski definition) is 3. The quantitative estimate of drug-likeness (QED) is 0.230. The van der Waals surface area contributed by atoms with Crippen LogP contribution in [0.25, 0.3) is 12.2 Å². The summed E-state index contributed by atoms with van der Waals surface area (Å²) in [6.45, 7) is 9.72. The Morgan fingerprint density at radius 1 is 0.556 bits per heavy atom. The highest BCUT2D eigenvalue weighted by molar-refractivity contribution is 5.79. The van der Waals surface area contributed by atoms with Crippen molar-refractivity contribution >= 4 is 24.1 Å². The number of carbonyl (C=O) groups is 2. The van der Waals surface area contributed by atoms with Crippen molar-refractivity contribution < 1.29 is 47.6 Å². The number of ether oxygens (including phenoxy) is 2. The van der Waals surface area contributed by atoms with E-state index in [1.54, 1.807) is 13.4 Å². The second kappa shape index (κ2) is 15.8. The zero-order valence-corrected chi connectivity index (χ0v) is 43.8. The van der Waals surface area contributed by atoms with Crippen molar-refractivity contribution in [2.75, 3.05) is 14.2 Å². The minimum Gasteiger partial charge on any atom is -0.479 e. The first-order valence-electron chi connectivity index (χ1n) is 28.2. The molecule has 3 spiro atoms. The van der Waals surface area contributed by atoms with E-state index in [9.17, 15) is 24.9 Å². The molecule has 3 aromatic rings. The lowest BCUT2D eigenvalue weighted by Crippen LogP contribution is -2.51. The molecule has 10 heteroatoms. The summed E-state index contributed by atoms with van der Waals surface area (Å²) in [5.74, 6) is 5.87. The number of aliphatic carboxylic acids is 2.